The average Bonchev–Trinajstić information content (AvgIpc) is 2.56. The van der Waals surface area contributed by atoms with Crippen LogP contribution < -0.4 is 11.1 Å². The number of aliphatic imine (C=N–C) groups is 1. The fourth-order valence-electron chi connectivity index (χ4n) is 1.21. The molecule has 4 nitrogen and oxygen atoms in total. The lowest BCUT2D eigenvalue weighted by Gasteiger charge is -2.02. The first-order valence-electron chi connectivity index (χ1n) is 5.60. The number of aryl methyl sites for hydroxylation is 2. The zero-order valence-corrected chi connectivity index (χ0v) is 11.0. The molecule has 0 saturated heterocycles. The molecule has 0 aliphatic carbocycles. The fourth-order valence-corrected chi connectivity index (χ4v) is 2.07. The number of hydrogen-bond acceptors (Lipinski definition) is 3. The van der Waals surface area contributed by atoms with Crippen LogP contribution in [0.1, 0.15) is 35.3 Å². The van der Waals surface area contributed by atoms with Crippen molar-refractivity contribution in [3.8, 4) is 0 Å². The van der Waals surface area contributed by atoms with Gasteiger partial charge in [-0.1, -0.05) is 13.3 Å². The summed E-state index contributed by atoms with van der Waals surface area (Å²) in [5.74, 6) is 0.513. The molecule has 1 aromatic rings. The number of nitrogens with zero attached hydrogens (tertiary/aromatic N) is 2. The number of nitrogens with two attached hydrogens (primary N) is 1. The Balaban J connectivity index is 2.40. The molecular formula is C11H20N4S. The number of guanidine groups is 1. The normalized spacial score (nSPS) is 11.8. The van der Waals surface area contributed by atoms with Gasteiger partial charge in [-0.05, 0) is 20.3 Å². The number of aromatic nitrogens is 1. The Bertz CT molecular complexity index is 337. The van der Waals surface area contributed by atoms with Gasteiger partial charge in [-0.15, -0.1) is 11.3 Å². The quantitative estimate of drug-likeness (QED) is 0.470. The summed E-state index contributed by atoms with van der Waals surface area (Å²) < 4.78 is 0. The molecule has 0 aromatic carbocycles. The SMILES string of the molecule is CCCCNC(N)=NCc1nc(C)c(C)s1. The van der Waals surface area contributed by atoms with E-state index in [0.717, 1.165) is 30.1 Å². The third kappa shape index (κ3) is 4.18. The minimum atomic E-state index is 0.513. The third-order valence-corrected chi connectivity index (χ3v) is 3.35. The number of hydrogen-bond donors (Lipinski definition) is 2. The molecule has 0 aliphatic heterocycles. The average molecular weight is 240 g/mol. The van der Waals surface area contributed by atoms with Crippen LogP contribution in [-0.2, 0) is 6.54 Å². The van der Waals surface area contributed by atoms with Crippen molar-refractivity contribution in [2.24, 2.45) is 10.7 Å². The van der Waals surface area contributed by atoms with Crippen LogP contribution in [0.15, 0.2) is 4.99 Å². The first-order chi connectivity index (χ1) is 7.63. The van der Waals surface area contributed by atoms with Crippen molar-refractivity contribution < 1.29 is 0 Å². The van der Waals surface area contributed by atoms with Crippen LogP contribution >= 0.6 is 11.3 Å². The van der Waals surface area contributed by atoms with Gasteiger partial charge in [0.15, 0.2) is 5.96 Å². The van der Waals surface area contributed by atoms with Gasteiger partial charge in [0.25, 0.3) is 0 Å². The summed E-state index contributed by atoms with van der Waals surface area (Å²) >= 11 is 1.68. The van der Waals surface area contributed by atoms with Crippen molar-refractivity contribution in [1.29, 1.82) is 0 Å². The van der Waals surface area contributed by atoms with Crippen molar-refractivity contribution in [3.05, 3.63) is 15.6 Å². The molecule has 0 spiro atoms. The maximum Gasteiger partial charge on any atom is 0.189 e. The summed E-state index contributed by atoms with van der Waals surface area (Å²) in [5, 5.41) is 4.10. The number of nitrogens with one attached hydrogen (secondary N) is 1. The lowest BCUT2D eigenvalue weighted by molar-refractivity contribution is 0.748. The second kappa shape index (κ2) is 6.48. The Morgan fingerprint density at radius 3 is 2.81 bits per heavy atom. The molecular weight excluding hydrogens is 220 g/mol. The Morgan fingerprint density at radius 1 is 1.50 bits per heavy atom. The molecule has 1 aromatic heterocycles. The minimum absolute atomic E-state index is 0.513. The smallest absolute Gasteiger partial charge is 0.189 e. The maximum absolute atomic E-state index is 5.72. The number of rotatable bonds is 5. The first kappa shape index (κ1) is 13.0. The van der Waals surface area contributed by atoms with Crippen LogP contribution in [0, 0.1) is 13.8 Å². The Morgan fingerprint density at radius 2 is 2.25 bits per heavy atom. The fraction of sp³-hybridized carbons (Fsp3) is 0.636. The van der Waals surface area contributed by atoms with E-state index in [1.807, 2.05) is 6.92 Å². The van der Waals surface area contributed by atoms with Crippen molar-refractivity contribution in [2.75, 3.05) is 6.54 Å². The predicted octanol–water partition coefficient (Wildman–Crippen LogP) is 1.96. The second-order valence-corrected chi connectivity index (χ2v) is 5.02. The highest BCUT2D eigenvalue weighted by Crippen LogP contribution is 2.16. The number of unbranched alkanes of at least 4 members (excludes halogenated alkanes) is 1. The highest BCUT2D eigenvalue weighted by atomic mass is 32.1. The minimum Gasteiger partial charge on any atom is -0.370 e. The van der Waals surface area contributed by atoms with Crippen LogP contribution in [0.25, 0.3) is 0 Å². The van der Waals surface area contributed by atoms with E-state index >= 15 is 0 Å². The molecule has 1 rings (SSSR count). The van der Waals surface area contributed by atoms with Gasteiger partial charge in [0.05, 0.1) is 12.2 Å². The van der Waals surface area contributed by atoms with Gasteiger partial charge in [-0.2, -0.15) is 0 Å². The van der Waals surface area contributed by atoms with Crippen LogP contribution in [0.5, 0.6) is 0 Å². The van der Waals surface area contributed by atoms with Gasteiger partial charge in [0.2, 0.25) is 0 Å². The summed E-state index contributed by atoms with van der Waals surface area (Å²) in [6.07, 6.45) is 2.27. The van der Waals surface area contributed by atoms with Crippen molar-refractivity contribution in [1.82, 2.24) is 10.3 Å². The third-order valence-electron chi connectivity index (χ3n) is 2.29. The van der Waals surface area contributed by atoms with Crippen LogP contribution in [0.2, 0.25) is 0 Å². The molecule has 5 heteroatoms. The molecule has 1 heterocycles. The largest absolute Gasteiger partial charge is 0.370 e. The zero-order valence-electron chi connectivity index (χ0n) is 10.2. The lowest BCUT2D eigenvalue weighted by atomic mass is 10.3. The molecule has 0 unspecified atom stereocenters. The summed E-state index contributed by atoms with van der Waals surface area (Å²) in [4.78, 5) is 9.91. The van der Waals surface area contributed by atoms with Crippen molar-refractivity contribution in [2.45, 2.75) is 40.2 Å². The summed E-state index contributed by atoms with van der Waals surface area (Å²) in [5.41, 5.74) is 6.81. The maximum atomic E-state index is 5.72. The van der Waals surface area contributed by atoms with Crippen molar-refractivity contribution >= 4 is 17.3 Å². The first-order valence-corrected chi connectivity index (χ1v) is 6.41. The Hall–Kier alpha value is -1.10. The van der Waals surface area contributed by atoms with Gasteiger partial charge < -0.3 is 11.1 Å². The highest BCUT2D eigenvalue weighted by Gasteiger charge is 2.02. The van der Waals surface area contributed by atoms with Crippen molar-refractivity contribution in [3.63, 3.8) is 0 Å². The second-order valence-electron chi connectivity index (χ2n) is 3.73. The Labute approximate surface area is 101 Å². The van der Waals surface area contributed by atoms with Gasteiger partial charge >= 0.3 is 0 Å². The highest BCUT2D eigenvalue weighted by molar-refractivity contribution is 7.11. The monoisotopic (exact) mass is 240 g/mol. The van der Waals surface area contributed by atoms with Crippen LogP contribution in [0.4, 0.5) is 0 Å². The summed E-state index contributed by atoms with van der Waals surface area (Å²) in [6, 6.07) is 0. The molecule has 0 fully saturated rings. The molecule has 0 aliphatic rings. The summed E-state index contributed by atoms with van der Waals surface area (Å²) in [7, 11) is 0. The molecule has 0 amide bonds. The van der Waals surface area contributed by atoms with Gasteiger partial charge in [0.1, 0.15) is 5.01 Å². The van der Waals surface area contributed by atoms with E-state index in [1.54, 1.807) is 11.3 Å². The molecule has 0 saturated carbocycles. The predicted molar refractivity (Wildman–Crippen MR) is 69.8 cm³/mol. The van der Waals surface area contributed by atoms with E-state index in [0.29, 0.717) is 12.5 Å². The lowest BCUT2D eigenvalue weighted by Crippen LogP contribution is -2.32. The standard InChI is InChI=1S/C11H20N4S/c1-4-5-6-13-11(12)14-7-10-15-8(2)9(3)16-10/h4-7H2,1-3H3,(H3,12,13,14). The van der Waals surface area contributed by atoms with Crippen LogP contribution in [-0.4, -0.2) is 17.5 Å². The van der Waals surface area contributed by atoms with E-state index < -0.39 is 0 Å². The van der Waals surface area contributed by atoms with E-state index in [9.17, 15) is 0 Å². The molecule has 16 heavy (non-hydrogen) atoms. The van der Waals surface area contributed by atoms with Gasteiger partial charge in [-0.25, -0.2) is 9.98 Å². The number of thiazole rings is 1. The molecule has 0 bridgehead atoms. The summed E-state index contributed by atoms with van der Waals surface area (Å²) in [6.45, 7) is 7.70. The van der Waals surface area contributed by atoms with E-state index in [4.69, 9.17) is 5.73 Å². The van der Waals surface area contributed by atoms with E-state index in [1.165, 1.54) is 4.88 Å². The Kier molecular flexibility index (Phi) is 5.25. The molecule has 0 atom stereocenters. The molecule has 90 valence electrons. The topological polar surface area (TPSA) is 63.3 Å². The van der Waals surface area contributed by atoms with E-state index in [-0.39, 0.29) is 0 Å². The van der Waals surface area contributed by atoms with Gasteiger partial charge in [-0.3, -0.25) is 0 Å². The van der Waals surface area contributed by atoms with E-state index in [2.05, 4.69) is 29.1 Å². The zero-order chi connectivity index (χ0) is 12.0. The van der Waals surface area contributed by atoms with Gasteiger partial charge in [0, 0.05) is 11.4 Å². The molecule has 3 N–H and O–H groups in total. The molecule has 0 radical (unpaired) electrons. The van der Waals surface area contributed by atoms with Crippen LogP contribution in [0.3, 0.4) is 0 Å².